The highest BCUT2D eigenvalue weighted by molar-refractivity contribution is 5.95. The van der Waals surface area contributed by atoms with E-state index in [2.05, 4.69) is 10.2 Å². The Morgan fingerprint density at radius 1 is 1.07 bits per heavy atom. The van der Waals surface area contributed by atoms with E-state index in [1.807, 2.05) is 48.5 Å². The van der Waals surface area contributed by atoms with Crippen LogP contribution < -0.4 is 5.32 Å². The first-order valence-electron chi connectivity index (χ1n) is 9.54. The molecule has 2 fully saturated rings. The van der Waals surface area contributed by atoms with Gasteiger partial charge in [-0.05, 0) is 50.1 Å². The van der Waals surface area contributed by atoms with Crippen molar-refractivity contribution in [3.8, 4) is 17.1 Å². The minimum absolute atomic E-state index is 0.0559. The van der Waals surface area contributed by atoms with Crippen molar-refractivity contribution in [3.05, 3.63) is 60.5 Å². The fourth-order valence-corrected chi connectivity index (χ4v) is 4.29. The summed E-state index contributed by atoms with van der Waals surface area (Å²) in [5.41, 5.74) is 2.14. The lowest BCUT2D eigenvalue weighted by molar-refractivity contribution is 0.0671. The maximum atomic E-state index is 13.6. The number of para-hydroxylation sites is 1. The summed E-state index contributed by atoms with van der Waals surface area (Å²) in [4.78, 5) is 15.7. The molecule has 2 aliphatic rings. The van der Waals surface area contributed by atoms with Gasteiger partial charge in [0.1, 0.15) is 11.4 Å². The van der Waals surface area contributed by atoms with Crippen LogP contribution in [0.3, 0.4) is 0 Å². The van der Waals surface area contributed by atoms with Crippen LogP contribution in [0.25, 0.3) is 17.1 Å². The number of nitrogens with zero attached hydrogens (tertiary/aromatic N) is 3. The summed E-state index contributed by atoms with van der Waals surface area (Å²) in [7, 11) is 0. The predicted octanol–water partition coefficient (Wildman–Crippen LogP) is 3.10. The fourth-order valence-electron chi connectivity index (χ4n) is 4.29. The van der Waals surface area contributed by atoms with Crippen LogP contribution in [0.2, 0.25) is 0 Å². The van der Waals surface area contributed by atoms with Crippen molar-refractivity contribution >= 4 is 5.91 Å². The molecule has 0 saturated carbocycles. The van der Waals surface area contributed by atoms with Gasteiger partial charge in [-0.2, -0.15) is 5.10 Å². The van der Waals surface area contributed by atoms with Crippen molar-refractivity contribution in [2.45, 2.75) is 31.3 Å². The Balaban J connectivity index is 1.59. The Labute approximate surface area is 157 Å². The van der Waals surface area contributed by atoms with Crippen LogP contribution >= 0.6 is 0 Å². The lowest BCUT2D eigenvalue weighted by atomic mass is 10.1. The van der Waals surface area contributed by atoms with Gasteiger partial charge >= 0.3 is 0 Å². The monoisotopic (exact) mass is 362 g/mol. The highest BCUT2D eigenvalue weighted by atomic mass is 16.3. The summed E-state index contributed by atoms with van der Waals surface area (Å²) >= 11 is 0. The molecule has 6 nitrogen and oxygen atoms in total. The van der Waals surface area contributed by atoms with E-state index in [1.54, 1.807) is 10.9 Å². The number of fused-ring (bicyclic) bond motifs is 2. The van der Waals surface area contributed by atoms with Gasteiger partial charge in [0.15, 0.2) is 5.76 Å². The number of hydrogen-bond acceptors (Lipinski definition) is 4. The molecule has 4 heterocycles. The third-order valence-electron chi connectivity index (χ3n) is 5.59. The predicted molar refractivity (Wildman–Crippen MR) is 102 cm³/mol. The molecule has 0 aliphatic carbocycles. The molecule has 2 saturated heterocycles. The molecule has 2 unspecified atom stereocenters. The van der Waals surface area contributed by atoms with E-state index >= 15 is 0 Å². The van der Waals surface area contributed by atoms with E-state index in [0.29, 0.717) is 23.2 Å². The van der Waals surface area contributed by atoms with E-state index < -0.39 is 0 Å². The molecule has 0 radical (unpaired) electrons. The summed E-state index contributed by atoms with van der Waals surface area (Å²) in [5, 5.41) is 8.15. The first-order chi connectivity index (χ1) is 13.3. The van der Waals surface area contributed by atoms with Crippen molar-refractivity contribution in [1.29, 1.82) is 0 Å². The van der Waals surface area contributed by atoms with Crippen LogP contribution in [-0.2, 0) is 0 Å². The average Bonchev–Trinajstić information content (AvgIpc) is 3.39. The SMILES string of the molecule is O=C(c1cc(-c2ccco2)nn1-c1ccccc1)N1C2CCNCC1CC2. The van der Waals surface area contributed by atoms with Crippen molar-refractivity contribution in [1.82, 2.24) is 20.0 Å². The molecule has 5 rings (SSSR count). The molecule has 1 N–H and O–H groups in total. The van der Waals surface area contributed by atoms with Gasteiger partial charge in [0.25, 0.3) is 5.91 Å². The summed E-state index contributed by atoms with van der Waals surface area (Å²) < 4.78 is 7.26. The Bertz CT molecular complexity index is 919. The van der Waals surface area contributed by atoms with Crippen LogP contribution in [-0.4, -0.2) is 45.8 Å². The lowest BCUT2D eigenvalue weighted by Crippen LogP contribution is -2.43. The zero-order valence-corrected chi connectivity index (χ0v) is 15.0. The molecule has 27 heavy (non-hydrogen) atoms. The highest BCUT2D eigenvalue weighted by Crippen LogP contribution is 2.31. The van der Waals surface area contributed by atoms with E-state index in [4.69, 9.17) is 9.52 Å². The number of carbonyl (C=O) groups is 1. The van der Waals surface area contributed by atoms with Gasteiger partial charge in [0.05, 0.1) is 12.0 Å². The van der Waals surface area contributed by atoms with Gasteiger partial charge in [-0.25, -0.2) is 4.68 Å². The molecule has 0 spiro atoms. The van der Waals surface area contributed by atoms with Crippen molar-refractivity contribution in [3.63, 3.8) is 0 Å². The number of benzene rings is 1. The van der Waals surface area contributed by atoms with Gasteiger partial charge in [0.2, 0.25) is 0 Å². The van der Waals surface area contributed by atoms with E-state index in [1.165, 1.54) is 0 Å². The summed E-state index contributed by atoms with van der Waals surface area (Å²) in [5.74, 6) is 0.722. The molecule has 2 atom stereocenters. The van der Waals surface area contributed by atoms with Gasteiger partial charge in [-0.1, -0.05) is 18.2 Å². The third kappa shape index (κ3) is 2.86. The number of aromatic nitrogens is 2. The molecule has 2 aromatic heterocycles. The summed E-state index contributed by atoms with van der Waals surface area (Å²) in [6.45, 7) is 1.84. The van der Waals surface area contributed by atoms with Gasteiger partial charge in [0, 0.05) is 24.7 Å². The van der Waals surface area contributed by atoms with E-state index in [0.717, 1.165) is 38.0 Å². The number of carbonyl (C=O) groups excluding carboxylic acids is 1. The topological polar surface area (TPSA) is 63.3 Å². The van der Waals surface area contributed by atoms with E-state index in [9.17, 15) is 4.79 Å². The molecule has 2 bridgehead atoms. The highest BCUT2D eigenvalue weighted by Gasteiger charge is 2.39. The van der Waals surface area contributed by atoms with Crippen LogP contribution in [0, 0.1) is 0 Å². The van der Waals surface area contributed by atoms with Crippen molar-refractivity contribution in [2.75, 3.05) is 13.1 Å². The average molecular weight is 362 g/mol. The molecule has 2 aliphatic heterocycles. The van der Waals surface area contributed by atoms with E-state index in [-0.39, 0.29) is 11.9 Å². The zero-order chi connectivity index (χ0) is 18.2. The normalized spacial score (nSPS) is 22.0. The molecule has 6 heteroatoms. The van der Waals surface area contributed by atoms with Gasteiger partial charge < -0.3 is 14.6 Å². The number of amides is 1. The Morgan fingerprint density at radius 3 is 2.74 bits per heavy atom. The Hall–Kier alpha value is -2.86. The van der Waals surface area contributed by atoms with Crippen LogP contribution in [0.4, 0.5) is 0 Å². The van der Waals surface area contributed by atoms with Crippen molar-refractivity contribution < 1.29 is 9.21 Å². The Morgan fingerprint density at radius 2 is 1.93 bits per heavy atom. The first-order valence-corrected chi connectivity index (χ1v) is 9.54. The second-order valence-electron chi connectivity index (χ2n) is 7.23. The minimum atomic E-state index is 0.0559. The molecule has 3 aromatic rings. The van der Waals surface area contributed by atoms with Crippen molar-refractivity contribution in [2.24, 2.45) is 0 Å². The Kier molecular flexibility index (Phi) is 4.05. The fraction of sp³-hybridized carbons (Fsp3) is 0.333. The number of furan rings is 1. The van der Waals surface area contributed by atoms with Crippen LogP contribution in [0.5, 0.6) is 0 Å². The molecular formula is C21H22N4O2. The maximum Gasteiger partial charge on any atom is 0.273 e. The zero-order valence-electron chi connectivity index (χ0n) is 15.0. The third-order valence-corrected chi connectivity index (χ3v) is 5.59. The number of rotatable bonds is 3. The molecule has 138 valence electrons. The largest absolute Gasteiger partial charge is 0.463 e. The second-order valence-corrected chi connectivity index (χ2v) is 7.23. The second kappa shape index (κ2) is 6.70. The smallest absolute Gasteiger partial charge is 0.273 e. The molecule has 1 amide bonds. The summed E-state index contributed by atoms with van der Waals surface area (Å²) in [6, 6.07) is 15.9. The van der Waals surface area contributed by atoms with Gasteiger partial charge in [-0.3, -0.25) is 4.79 Å². The standard InChI is InChI=1S/C21H22N4O2/c26-21(24-15-8-9-17(24)14-22-11-10-15)19-13-18(20-7-4-12-27-20)23-25(19)16-5-2-1-3-6-16/h1-7,12-13,15,17,22H,8-11,14H2. The number of nitrogens with one attached hydrogen (secondary N) is 1. The minimum Gasteiger partial charge on any atom is -0.463 e. The maximum absolute atomic E-state index is 13.6. The quantitative estimate of drug-likeness (QED) is 0.778. The first kappa shape index (κ1) is 16.3. The van der Waals surface area contributed by atoms with Crippen LogP contribution in [0.1, 0.15) is 29.8 Å². The van der Waals surface area contributed by atoms with Crippen LogP contribution in [0.15, 0.2) is 59.2 Å². The number of hydrogen-bond donors (Lipinski definition) is 1. The summed E-state index contributed by atoms with van der Waals surface area (Å²) in [6.07, 6.45) is 4.78. The lowest BCUT2D eigenvalue weighted by Gasteiger charge is -2.28. The van der Waals surface area contributed by atoms with Gasteiger partial charge in [-0.15, -0.1) is 0 Å². The molecular weight excluding hydrogens is 340 g/mol. The molecule has 1 aromatic carbocycles.